The van der Waals surface area contributed by atoms with Crippen LogP contribution in [0.5, 0.6) is 0 Å². The smallest absolute Gasteiger partial charge is 0.232 e. The van der Waals surface area contributed by atoms with E-state index in [0.29, 0.717) is 22.4 Å². The van der Waals surface area contributed by atoms with Crippen molar-refractivity contribution in [2.75, 3.05) is 11.1 Å². The predicted octanol–water partition coefficient (Wildman–Crippen LogP) is 3.93. The van der Waals surface area contributed by atoms with Gasteiger partial charge in [0.25, 0.3) is 0 Å². The Morgan fingerprint density at radius 3 is 2.56 bits per heavy atom. The van der Waals surface area contributed by atoms with Crippen LogP contribution in [0.4, 0.5) is 17.6 Å². The van der Waals surface area contributed by atoms with Crippen LogP contribution in [0.2, 0.25) is 0 Å². The van der Waals surface area contributed by atoms with Gasteiger partial charge in [0.15, 0.2) is 0 Å². The zero-order chi connectivity index (χ0) is 19.4. The second kappa shape index (κ2) is 8.01. The number of hydrogen-bond acceptors (Lipinski definition) is 8. The maximum atomic E-state index is 9.45. The molecule has 3 N–H and O–H groups in total. The molecule has 2 aromatic heterocycles. The van der Waals surface area contributed by atoms with Crippen LogP contribution in [-0.2, 0) is 0 Å². The second-order valence-corrected chi connectivity index (χ2v) is 7.33. The molecule has 8 heteroatoms. The van der Waals surface area contributed by atoms with Crippen molar-refractivity contribution >= 4 is 29.3 Å². The van der Waals surface area contributed by atoms with Gasteiger partial charge in [0.05, 0.1) is 10.8 Å². The first kappa shape index (κ1) is 18.6. The first-order valence-corrected chi connectivity index (χ1v) is 9.22. The number of hydrogen-bond donors (Lipinski definition) is 2. The number of aromatic nitrogens is 4. The highest BCUT2D eigenvalue weighted by Gasteiger charge is 2.18. The molecule has 2 heterocycles. The number of anilines is 3. The molecule has 0 amide bonds. The number of pyridine rings is 1. The molecule has 0 saturated carbocycles. The van der Waals surface area contributed by atoms with Gasteiger partial charge in [-0.25, -0.2) is 4.98 Å². The molecule has 1 atom stereocenters. The molecule has 27 heavy (non-hydrogen) atoms. The molecule has 0 aliphatic rings. The van der Waals surface area contributed by atoms with E-state index in [2.05, 4.69) is 31.3 Å². The van der Waals surface area contributed by atoms with E-state index in [4.69, 9.17) is 5.73 Å². The largest absolute Gasteiger partial charge is 0.368 e. The summed E-state index contributed by atoms with van der Waals surface area (Å²) in [6, 6.07) is 13.7. The lowest BCUT2D eigenvalue weighted by molar-refractivity contribution is 0.890. The standard InChI is InChI=1S/C19H19N7S/c1-11-9-12(2)22-17(15(11)10-20)27-13(3)16-24-18(21)26-19(25-16)23-14-7-5-4-6-8-14/h4-9,13H,1-3H3,(H3,21,23,24,25,26). The number of nitrogens with two attached hydrogens (primary N) is 1. The van der Waals surface area contributed by atoms with Crippen LogP contribution < -0.4 is 11.1 Å². The number of thioether (sulfide) groups is 1. The number of para-hydroxylation sites is 1. The summed E-state index contributed by atoms with van der Waals surface area (Å²) in [5.41, 5.74) is 9.07. The highest BCUT2D eigenvalue weighted by atomic mass is 32.2. The summed E-state index contributed by atoms with van der Waals surface area (Å²) >= 11 is 1.43. The average Bonchev–Trinajstić information content (AvgIpc) is 2.61. The Morgan fingerprint density at radius 1 is 1.11 bits per heavy atom. The van der Waals surface area contributed by atoms with Gasteiger partial charge in [-0.3, -0.25) is 0 Å². The summed E-state index contributed by atoms with van der Waals surface area (Å²) in [5, 5.41) is 13.1. The summed E-state index contributed by atoms with van der Waals surface area (Å²) in [4.78, 5) is 17.4. The molecule has 0 fully saturated rings. The maximum absolute atomic E-state index is 9.45. The van der Waals surface area contributed by atoms with Crippen LogP contribution in [0.1, 0.15) is 34.8 Å². The quantitative estimate of drug-likeness (QED) is 0.643. The zero-order valence-electron chi connectivity index (χ0n) is 15.3. The second-order valence-electron chi connectivity index (χ2n) is 6.00. The van der Waals surface area contributed by atoms with Crippen LogP contribution in [-0.4, -0.2) is 19.9 Å². The fourth-order valence-corrected chi connectivity index (χ4v) is 3.61. The van der Waals surface area contributed by atoms with Gasteiger partial charge in [0.1, 0.15) is 16.9 Å². The summed E-state index contributed by atoms with van der Waals surface area (Å²) < 4.78 is 0. The van der Waals surface area contributed by atoms with Crippen molar-refractivity contribution in [2.45, 2.75) is 31.0 Å². The number of nitrogens with one attached hydrogen (secondary N) is 1. The maximum Gasteiger partial charge on any atom is 0.232 e. The van der Waals surface area contributed by atoms with Gasteiger partial charge in [0.2, 0.25) is 11.9 Å². The molecule has 0 spiro atoms. The van der Waals surface area contributed by atoms with Crippen LogP contribution >= 0.6 is 11.8 Å². The number of nitriles is 1. The van der Waals surface area contributed by atoms with E-state index in [-0.39, 0.29) is 11.2 Å². The lowest BCUT2D eigenvalue weighted by Gasteiger charge is -2.13. The molecule has 7 nitrogen and oxygen atoms in total. The highest BCUT2D eigenvalue weighted by molar-refractivity contribution is 7.99. The fourth-order valence-electron chi connectivity index (χ4n) is 2.54. The molecule has 3 aromatic rings. The average molecular weight is 377 g/mol. The first-order chi connectivity index (χ1) is 13.0. The number of nitrogen functional groups attached to an aromatic ring is 1. The number of nitrogens with zero attached hydrogens (tertiary/aromatic N) is 5. The zero-order valence-corrected chi connectivity index (χ0v) is 16.1. The summed E-state index contributed by atoms with van der Waals surface area (Å²) in [7, 11) is 0. The molecular weight excluding hydrogens is 358 g/mol. The normalized spacial score (nSPS) is 11.6. The number of aryl methyl sites for hydroxylation is 2. The van der Waals surface area contributed by atoms with E-state index >= 15 is 0 Å². The topological polar surface area (TPSA) is 113 Å². The molecule has 3 rings (SSSR count). The molecule has 136 valence electrons. The Morgan fingerprint density at radius 2 is 1.85 bits per heavy atom. The van der Waals surface area contributed by atoms with Crippen molar-refractivity contribution in [3.05, 3.63) is 59.0 Å². The summed E-state index contributed by atoms with van der Waals surface area (Å²) in [6.45, 7) is 5.77. The fraction of sp³-hybridized carbons (Fsp3) is 0.211. The molecule has 0 radical (unpaired) electrons. The Kier molecular flexibility index (Phi) is 5.52. The minimum Gasteiger partial charge on any atom is -0.368 e. The Hall–Kier alpha value is -3.18. The van der Waals surface area contributed by atoms with E-state index < -0.39 is 0 Å². The number of benzene rings is 1. The van der Waals surface area contributed by atoms with Crippen molar-refractivity contribution in [2.24, 2.45) is 0 Å². The van der Waals surface area contributed by atoms with E-state index in [1.54, 1.807) is 0 Å². The first-order valence-electron chi connectivity index (χ1n) is 8.35. The highest BCUT2D eigenvalue weighted by Crippen LogP contribution is 2.35. The summed E-state index contributed by atoms with van der Waals surface area (Å²) in [5.74, 6) is 1.04. The van der Waals surface area contributed by atoms with Gasteiger partial charge >= 0.3 is 0 Å². The third-order valence-corrected chi connectivity index (χ3v) is 4.86. The lowest BCUT2D eigenvalue weighted by Crippen LogP contribution is -2.08. The van der Waals surface area contributed by atoms with Crippen molar-refractivity contribution in [3.8, 4) is 6.07 Å². The van der Waals surface area contributed by atoms with Gasteiger partial charge in [-0.05, 0) is 44.5 Å². The van der Waals surface area contributed by atoms with Crippen molar-refractivity contribution < 1.29 is 0 Å². The molecule has 0 bridgehead atoms. The van der Waals surface area contributed by atoms with E-state index in [9.17, 15) is 5.26 Å². The molecule has 0 saturated heterocycles. The number of rotatable bonds is 5. The summed E-state index contributed by atoms with van der Waals surface area (Å²) in [6.07, 6.45) is 0. The third-order valence-electron chi connectivity index (χ3n) is 3.78. The predicted molar refractivity (Wildman–Crippen MR) is 107 cm³/mol. The van der Waals surface area contributed by atoms with E-state index in [1.807, 2.05) is 57.2 Å². The van der Waals surface area contributed by atoms with E-state index in [0.717, 1.165) is 16.9 Å². The van der Waals surface area contributed by atoms with Gasteiger partial charge in [-0.15, -0.1) is 0 Å². The van der Waals surface area contributed by atoms with Gasteiger partial charge in [0, 0.05) is 11.4 Å². The van der Waals surface area contributed by atoms with Crippen molar-refractivity contribution in [3.63, 3.8) is 0 Å². The SMILES string of the molecule is Cc1cc(C)c(C#N)c(SC(C)c2nc(N)nc(Nc3ccccc3)n2)n1. The minimum atomic E-state index is -0.160. The molecule has 1 unspecified atom stereocenters. The molecule has 0 aliphatic heterocycles. The minimum absolute atomic E-state index is 0.139. The van der Waals surface area contributed by atoms with E-state index in [1.165, 1.54) is 11.8 Å². The third kappa shape index (κ3) is 4.51. The van der Waals surface area contributed by atoms with Crippen molar-refractivity contribution in [1.82, 2.24) is 19.9 Å². The van der Waals surface area contributed by atoms with Crippen LogP contribution in [0.15, 0.2) is 41.4 Å². The van der Waals surface area contributed by atoms with Crippen LogP contribution in [0, 0.1) is 25.2 Å². The molecule has 1 aromatic carbocycles. The Bertz CT molecular complexity index is 999. The Labute approximate surface area is 162 Å². The van der Waals surface area contributed by atoms with Gasteiger partial charge < -0.3 is 11.1 Å². The van der Waals surface area contributed by atoms with Crippen LogP contribution in [0.25, 0.3) is 0 Å². The van der Waals surface area contributed by atoms with Crippen LogP contribution in [0.3, 0.4) is 0 Å². The Balaban J connectivity index is 1.87. The van der Waals surface area contributed by atoms with Crippen molar-refractivity contribution in [1.29, 1.82) is 5.26 Å². The lowest BCUT2D eigenvalue weighted by atomic mass is 10.1. The monoisotopic (exact) mass is 377 g/mol. The molecule has 0 aliphatic carbocycles. The van der Waals surface area contributed by atoms with Gasteiger partial charge in [-0.1, -0.05) is 30.0 Å². The molecular formula is C19H19N7S. The van der Waals surface area contributed by atoms with Gasteiger partial charge in [-0.2, -0.15) is 20.2 Å².